The third-order valence-electron chi connectivity index (χ3n) is 5.49. The molecule has 0 aliphatic carbocycles. The number of pyridine rings is 1. The van der Waals surface area contributed by atoms with Crippen LogP contribution in [0.5, 0.6) is 0 Å². The predicted octanol–water partition coefficient (Wildman–Crippen LogP) is 3.13. The highest BCUT2D eigenvalue weighted by Gasteiger charge is 2.29. The number of carbonyl (C=O) groups is 2. The predicted molar refractivity (Wildman–Crippen MR) is 117 cm³/mol. The number of carbonyl (C=O) groups excluding carboxylic acids is 2. The SMILES string of the molecule is O=C(c1ccco1)N1CCN(C(=O)c2cn(-c3ccccc3)nc2-c2cccnc2)CC1. The third kappa shape index (κ3) is 3.78. The highest BCUT2D eigenvalue weighted by molar-refractivity contribution is 6.00. The molecule has 1 saturated heterocycles. The van der Waals surface area contributed by atoms with Gasteiger partial charge in [-0.25, -0.2) is 4.68 Å². The standard InChI is InChI=1S/C24H21N5O3/c30-23(27-11-13-28(14-12-27)24(31)21-9-5-15-32-21)20-17-29(19-7-2-1-3-8-19)26-22(20)18-6-4-10-25-16-18/h1-10,15-17H,11-14H2. The monoisotopic (exact) mass is 427 g/mol. The lowest BCUT2D eigenvalue weighted by Gasteiger charge is -2.34. The molecular formula is C24H21N5O3. The van der Waals surface area contributed by atoms with Crippen LogP contribution in [-0.2, 0) is 0 Å². The molecule has 0 atom stereocenters. The van der Waals surface area contributed by atoms with Crippen LogP contribution < -0.4 is 0 Å². The van der Waals surface area contributed by atoms with Crippen LogP contribution in [0, 0.1) is 0 Å². The first kappa shape index (κ1) is 19.7. The fourth-order valence-corrected chi connectivity index (χ4v) is 3.80. The van der Waals surface area contributed by atoms with Crippen molar-refractivity contribution in [2.75, 3.05) is 26.2 Å². The summed E-state index contributed by atoms with van der Waals surface area (Å²) >= 11 is 0. The van der Waals surface area contributed by atoms with Gasteiger partial charge in [-0.1, -0.05) is 18.2 Å². The van der Waals surface area contributed by atoms with Gasteiger partial charge in [-0.2, -0.15) is 5.10 Å². The minimum atomic E-state index is -0.157. The maximum Gasteiger partial charge on any atom is 0.289 e. The molecule has 1 aromatic carbocycles. The van der Waals surface area contributed by atoms with Gasteiger partial charge in [0.1, 0.15) is 5.69 Å². The summed E-state index contributed by atoms with van der Waals surface area (Å²) in [6, 6.07) is 16.7. The molecule has 32 heavy (non-hydrogen) atoms. The van der Waals surface area contributed by atoms with Gasteiger partial charge >= 0.3 is 0 Å². The minimum Gasteiger partial charge on any atom is -0.459 e. The molecule has 0 radical (unpaired) electrons. The molecule has 160 valence electrons. The molecule has 8 heteroatoms. The van der Waals surface area contributed by atoms with E-state index in [0.717, 1.165) is 11.3 Å². The van der Waals surface area contributed by atoms with Gasteiger partial charge in [0.15, 0.2) is 5.76 Å². The first-order valence-corrected chi connectivity index (χ1v) is 10.4. The van der Waals surface area contributed by atoms with Crippen molar-refractivity contribution >= 4 is 11.8 Å². The van der Waals surface area contributed by atoms with Gasteiger partial charge in [0.25, 0.3) is 11.8 Å². The minimum absolute atomic E-state index is 0.115. The van der Waals surface area contributed by atoms with Gasteiger partial charge in [0.2, 0.25) is 0 Å². The summed E-state index contributed by atoms with van der Waals surface area (Å²) < 4.78 is 6.93. The van der Waals surface area contributed by atoms with Crippen molar-refractivity contribution in [1.82, 2.24) is 24.6 Å². The molecule has 1 aliphatic heterocycles. The smallest absolute Gasteiger partial charge is 0.289 e. The first-order chi connectivity index (χ1) is 15.7. The molecule has 8 nitrogen and oxygen atoms in total. The van der Waals surface area contributed by atoms with Crippen LogP contribution in [0.4, 0.5) is 0 Å². The van der Waals surface area contributed by atoms with E-state index >= 15 is 0 Å². The van der Waals surface area contributed by atoms with E-state index in [4.69, 9.17) is 9.52 Å². The normalized spacial score (nSPS) is 13.9. The molecule has 0 spiro atoms. The molecule has 3 aromatic heterocycles. The van der Waals surface area contributed by atoms with Gasteiger partial charge in [0.05, 0.1) is 17.5 Å². The topological polar surface area (TPSA) is 84.5 Å². The first-order valence-electron chi connectivity index (χ1n) is 10.4. The average molecular weight is 427 g/mol. The number of amides is 2. The molecule has 0 N–H and O–H groups in total. The number of para-hydroxylation sites is 1. The summed E-state index contributed by atoms with van der Waals surface area (Å²) in [5.74, 6) is 0.0407. The van der Waals surface area contributed by atoms with Gasteiger partial charge in [-0.3, -0.25) is 14.6 Å². The lowest BCUT2D eigenvalue weighted by Crippen LogP contribution is -2.50. The van der Waals surface area contributed by atoms with Crippen LogP contribution in [-0.4, -0.2) is 62.6 Å². The zero-order valence-electron chi connectivity index (χ0n) is 17.3. The van der Waals surface area contributed by atoms with E-state index in [1.54, 1.807) is 45.2 Å². The summed E-state index contributed by atoms with van der Waals surface area (Å²) in [6.07, 6.45) is 6.64. The summed E-state index contributed by atoms with van der Waals surface area (Å²) in [5.41, 5.74) is 2.73. The molecule has 4 heterocycles. The summed E-state index contributed by atoms with van der Waals surface area (Å²) in [5, 5.41) is 4.70. The van der Waals surface area contributed by atoms with Crippen LogP contribution in [0.15, 0.2) is 83.9 Å². The van der Waals surface area contributed by atoms with E-state index in [-0.39, 0.29) is 11.8 Å². The Balaban J connectivity index is 1.40. The van der Waals surface area contributed by atoms with Gasteiger partial charge in [-0.05, 0) is 36.4 Å². The lowest BCUT2D eigenvalue weighted by atomic mass is 10.1. The largest absolute Gasteiger partial charge is 0.459 e. The zero-order valence-corrected chi connectivity index (χ0v) is 17.3. The fourth-order valence-electron chi connectivity index (χ4n) is 3.80. The Labute approximate surface area is 184 Å². The molecule has 5 rings (SSSR count). The Hall–Kier alpha value is -4.20. The molecule has 1 aliphatic rings. The van der Waals surface area contributed by atoms with E-state index in [1.165, 1.54) is 6.26 Å². The second-order valence-corrected chi connectivity index (χ2v) is 7.47. The summed E-state index contributed by atoms with van der Waals surface area (Å²) in [4.78, 5) is 33.6. The van der Waals surface area contributed by atoms with Crippen LogP contribution in [0.25, 0.3) is 16.9 Å². The van der Waals surface area contributed by atoms with Crippen molar-refractivity contribution in [2.45, 2.75) is 0 Å². The third-order valence-corrected chi connectivity index (χ3v) is 5.49. The number of rotatable bonds is 4. The van der Waals surface area contributed by atoms with Gasteiger partial charge in [0, 0.05) is 50.3 Å². The van der Waals surface area contributed by atoms with Gasteiger partial charge < -0.3 is 14.2 Å². The van der Waals surface area contributed by atoms with Crippen LogP contribution in [0.2, 0.25) is 0 Å². The Kier molecular flexibility index (Phi) is 5.25. The maximum absolute atomic E-state index is 13.5. The van der Waals surface area contributed by atoms with E-state index in [1.807, 2.05) is 42.5 Å². The Bertz CT molecular complexity index is 1210. The van der Waals surface area contributed by atoms with Crippen molar-refractivity contribution in [2.24, 2.45) is 0 Å². The molecule has 4 aromatic rings. The van der Waals surface area contributed by atoms with Crippen molar-refractivity contribution < 1.29 is 14.0 Å². The number of hydrogen-bond acceptors (Lipinski definition) is 5. The van der Waals surface area contributed by atoms with Crippen LogP contribution in [0.3, 0.4) is 0 Å². The lowest BCUT2D eigenvalue weighted by molar-refractivity contribution is 0.0518. The van der Waals surface area contributed by atoms with E-state index in [9.17, 15) is 9.59 Å². The van der Waals surface area contributed by atoms with E-state index in [2.05, 4.69) is 4.98 Å². The number of furan rings is 1. The second kappa shape index (κ2) is 8.50. The highest BCUT2D eigenvalue weighted by Crippen LogP contribution is 2.25. The quantitative estimate of drug-likeness (QED) is 0.500. The maximum atomic E-state index is 13.5. The molecule has 0 bridgehead atoms. The van der Waals surface area contributed by atoms with Gasteiger partial charge in [-0.15, -0.1) is 0 Å². The summed E-state index contributed by atoms with van der Waals surface area (Å²) in [7, 11) is 0. The number of nitrogens with zero attached hydrogens (tertiary/aromatic N) is 5. The summed E-state index contributed by atoms with van der Waals surface area (Å²) in [6.45, 7) is 1.77. The average Bonchev–Trinajstić information content (AvgIpc) is 3.55. The van der Waals surface area contributed by atoms with Crippen molar-refractivity contribution in [3.05, 3.63) is 90.8 Å². The molecule has 0 unspecified atom stereocenters. The van der Waals surface area contributed by atoms with E-state index in [0.29, 0.717) is 43.2 Å². The molecular weight excluding hydrogens is 406 g/mol. The van der Waals surface area contributed by atoms with Crippen LogP contribution >= 0.6 is 0 Å². The molecule has 1 fully saturated rings. The van der Waals surface area contributed by atoms with Crippen molar-refractivity contribution in [1.29, 1.82) is 0 Å². The fraction of sp³-hybridized carbons (Fsp3) is 0.167. The number of hydrogen-bond donors (Lipinski definition) is 0. The molecule has 2 amide bonds. The number of aromatic nitrogens is 3. The zero-order chi connectivity index (χ0) is 21.9. The van der Waals surface area contributed by atoms with Crippen molar-refractivity contribution in [3.63, 3.8) is 0 Å². The Morgan fingerprint density at radius 3 is 2.25 bits per heavy atom. The Morgan fingerprint density at radius 1 is 0.844 bits per heavy atom. The van der Waals surface area contributed by atoms with Crippen LogP contribution in [0.1, 0.15) is 20.9 Å². The molecule has 0 saturated carbocycles. The highest BCUT2D eigenvalue weighted by atomic mass is 16.3. The van der Waals surface area contributed by atoms with E-state index < -0.39 is 0 Å². The Morgan fingerprint density at radius 2 is 1.59 bits per heavy atom. The van der Waals surface area contributed by atoms with Crippen molar-refractivity contribution in [3.8, 4) is 16.9 Å². The number of benzene rings is 1. The second-order valence-electron chi connectivity index (χ2n) is 7.47. The number of piperazine rings is 1.